The Bertz CT molecular complexity index is 2070. The van der Waals surface area contributed by atoms with Crippen molar-refractivity contribution in [2.45, 2.75) is 23.6 Å². The second-order valence-corrected chi connectivity index (χ2v) is 10.7. The van der Waals surface area contributed by atoms with Crippen LogP contribution in [-0.4, -0.2) is 0 Å². The number of hydrogen-bond donors (Lipinski definition) is 0. The Hall–Kier alpha value is -3.82. The molecule has 0 saturated heterocycles. The Labute approximate surface area is 206 Å². The van der Waals surface area contributed by atoms with Gasteiger partial charge in [0.15, 0.2) is 6.20 Å². The number of nitrogens with zero attached hydrogens (tertiary/aromatic N) is 1. The van der Waals surface area contributed by atoms with Crippen LogP contribution in [0.1, 0.15) is 11.1 Å². The largest absolute Gasteiger partial charge is 0.455 e. The van der Waals surface area contributed by atoms with Crippen molar-refractivity contribution in [1.82, 2.24) is 0 Å². The summed E-state index contributed by atoms with van der Waals surface area (Å²) >= 11 is 1.92. The SMILES string of the molecule is Cc1c2c(c(C)c3c1ccc1ccccc13)Sc1cc3c4ccccc4oc3c3cc[n+](C)c-2c13. The number of para-hydroxylation sites is 1. The van der Waals surface area contributed by atoms with Gasteiger partial charge in [0, 0.05) is 32.0 Å². The summed E-state index contributed by atoms with van der Waals surface area (Å²) in [4.78, 5) is 2.67. The Kier molecular flexibility index (Phi) is 3.70. The van der Waals surface area contributed by atoms with E-state index in [1.54, 1.807) is 0 Å². The van der Waals surface area contributed by atoms with Crippen LogP contribution in [0.5, 0.6) is 0 Å². The molecule has 7 aromatic rings. The van der Waals surface area contributed by atoms with Gasteiger partial charge in [-0.3, -0.25) is 0 Å². The van der Waals surface area contributed by atoms with Crippen molar-refractivity contribution in [3.63, 3.8) is 0 Å². The molecule has 1 aliphatic heterocycles. The zero-order valence-corrected chi connectivity index (χ0v) is 20.6. The van der Waals surface area contributed by atoms with Gasteiger partial charge in [0.05, 0.1) is 10.9 Å². The molecule has 0 amide bonds. The lowest BCUT2D eigenvalue weighted by Gasteiger charge is -2.24. The van der Waals surface area contributed by atoms with Gasteiger partial charge in [-0.2, -0.15) is 0 Å². The molecular formula is C32H22NOS+. The highest BCUT2D eigenvalue weighted by Crippen LogP contribution is 2.53. The van der Waals surface area contributed by atoms with E-state index in [9.17, 15) is 0 Å². The van der Waals surface area contributed by atoms with Crippen LogP contribution >= 0.6 is 11.8 Å². The van der Waals surface area contributed by atoms with Gasteiger partial charge < -0.3 is 4.42 Å². The molecule has 5 aromatic carbocycles. The molecule has 0 radical (unpaired) electrons. The van der Waals surface area contributed by atoms with E-state index in [-0.39, 0.29) is 0 Å². The molecule has 1 aliphatic rings. The number of benzene rings is 5. The zero-order valence-electron chi connectivity index (χ0n) is 19.8. The molecule has 8 rings (SSSR count). The lowest BCUT2D eigenvalue weighted by Crippen LogP contribution is -2.31. The van der Waals surface area contributed by atoms with Gasteiger partial charge in [0.2, 0.25) is 5.69 Å². The van der Waals surface area contributed by atoms with Gasteiger partial charge in [-0.05, 0) is 58.7 Å². The Morgan fingerprint density at radius 2 is 1.51 bits per heavy atom. The average Bonchev–Trinajstić information content (AvgIpc) is 3.26. The third-order valence-corrected chi connectivity index (χ3v) is 9.08. The summed E-state index contributed by atoms with van der Waals surface area (Å²) in [6, 6.07) is 26.3. The minimum absolute atomic E-state index is 0.946. The zero-order chi connectivity index (χ0) is 23.4. The van der Waals surface area contributed by atoms with Crippen molar-refractivity contribution < 1.29 is 8.98 Å². The topological polar surface area (TPSA) is 17.0 Å². The quantitative estimate of drug-likeness (QED) is 0.164. The van der Waals surface area contributed by atoms with Gasteiger partial charge in [-0.1, -0.05) is 66.4 Å². The van der Waals surface area contributed by atoms with E-state index in [0.29, 0.717) is 0 Å². The van der Waals surface area contributed by atoms with E-state index >= 15 is 0 Å². The fourth-order valence-electron chi connectivity index (χ4n) is 6.20. The smallest absolute Gasteiger partial charge is 0.222 e. The maximum absolute atomic E-state index is 6.43. The maximum atomic E-state index is 6.43. The molecule has 0 saturated carbocycles. The summed E-state index contributed by atoms with van der Waals surface area (Å²) in [6.07, 6.45) is 2.19. The summed E-state index contributed by atoms with van der Waals surface area (Å²) in [5, 5.41) is 10.2. The molecule has 3 heteroatoms. The first-order valence-corrected chi connectivity index (χ1v) is 12.8. The van der Waals surface area contributed by atoms with Gasteiger partial charge >= 0.3 is 0 Å². The highest BCUT2D eigenvalue weighted by molar-refractivity contribution is 8.00. The fourth-order valence-corrected chi connectivity index (χ4v) is 7.51. The molecule has 0 fully saturated rings. The number of rotatable bonds is 0. The first kappa shape index (κ1) is 19.5. The third kappa shape index (κ3) is 2.39. The Morgan fingerprint density at radius 3 is 2.40 bits per heavy atom. The van der Waals surface area contributed by atoms with Crippen molar-refractivity contribution in [1.29, 1.82) is 0 Å². The fraction of sp³-hybridized carbons (Fsp3) is 0.0938. The molecule has 2 nitrogen and oxygen atoms in total. The molecule has 35 heavy (non-hydrogen) atoms. The van der Waals surface area contributed by atoms with E-state index in [0.717, 1.165) is 11.2 Å². The lowest BCUT2D eigenvalue weighted by atomic mass is 9.89. The van der Waals surface area contributed by atoms with Crippen molar-refractivity contribution in [3.05, 3.63) is 90.1 Å². The summed E-state index contributed by atoms with van der Waals surface area (Å²) in [5.74, 6) is 0. The predicted octanol–water partition coefficient (Wildman–Crippen LogP) is 8.62. The van der Waals surface area contributed by atoms with Crippen molar-refractivity contribution in [2.75, 3.05) is 0 Å². The Morgan fingerprint density at radius 1 is 0.714 bits per heavy atom. The van der Waals surface area contributed by atoms with E-state index in [1.165, 1.54) is 75.3 Å². The van der Waals surface area contributed by atoms with Crippen molar-refractivity contribution in [2.24, 2.45) is 7.05 Å². The molecule has 3 heterocycles. The van der Waals surface area contributed by atoms with E-state index in [1.807, 2.05) is 17.8 Å². The minimum Gasteiger partial charge on any atom is -0.455 e. The number of aryl methyl sites for hydroxylation is 3. The molecule has 2 aromatic heterocycles. The van der Waals surface area contributed by atoms with E-state index in [4.69, 9.17) is 4.42 Å². The standard InChI is InChI=1S/C32H22NOS/c1-17-20-13-12-19-8-4-5-9-21(19)27(20)18(2)32-28(17)30-29-23(14-15-33(30)3)31-24(16-26(29)35-32)22-10-6-7-11-25(22)34-31/h4-16H,1-3H3/q+1. The van der Waals surface area contributed by atoms with Crippen LogP contribution in [-0.2, 0) is 7.05 Å². The van der Waals surface area contributed by atoms with E-state index < -0.39 is 0 Å². The summed E-state index contributed by atoms with van der Waals surface area (Å²) in [6.45, 7) is 4.59. The molecule has 0 unspecified atom stereocenters. The number of furan rings is 1. The molecule has 0 atom stereocenters. The first-order valence-electron chi connectivity index (χ1n) is 12.0. The van der Waals surface area contributed by atoms with Crippen LogP contribution in [0.4, 0.5) is 0 Å². The van der Waals surface area contributed by atoms with Crippen molar-refractivity contribution >= 4 is 66.0 Å². The number of pyridine rings is 1. The number of hydrogen-bond acceptors (Lipinski definition) is 2. The Balaban J connectivity index is 1.59. The van der Waals surface area contributed by atoms with Crippen LogP contribution in [0, 0.1) is 13.8 Å². The molecule has 0 aliphatic carbocycles. The van der Waals surface area contributed by atoms with Gasteiger partial charge in [0.1, 0.15) is 18.2 Å². The first-order chi connectivity index (χ1) is 17.1. The van der Waals surface area contributed by atoms with Crippen LogP contribution in [0.3, 0.4) is 0 Å². The number of aromatic nitrogens is 1. The molecule has 166 valence electrons. The summed E-state index contributed by atoms with van der Waals surface area (Å²) in [5.41, 5.74) is 7.27. The van der Waals surface area contributed by atoms with Gasteiger partial charge in [-0.15, -0.1) is 0 Å². The predicted molar refractivity (Wildman–Crippen MR) is 146 cm³/mol. The number of fused-ring (bicyclic) bond motifs is 9. The van der Waals surface area contributed by atoms with Crippen LogP contribution in [0.25, 0.3) is 65.5 Å². The highest BCUT2D eigenvalue weighted by Gasteiger charge is 2.32. The minimum atomic E-state index is 0.946. The summed E-state index contributed by atoms with van der Waals surface area (Å²) < 4.78 is 8.72. The average molecular weight is 469 g/mol. The second kappa shape index (κ2) is 6.65. The molecule has 0 spiro atoms. The second-order valence-electron chi connectivity index (χ2n) is 9.68. The normalized spacial score (nSPS) is 12.9. The van der Waals surface area contributed by atoms with Crippen LogP contribution < -0.4 is 4.57 Å². The maximum Gasteiger partial charge on any atom is 0.222 e. The third-order valence-electron chi connectivity index (χ3n) is 7.82. The highest BCUT2D eigenvalue weighted by atomic mass is 32.2. The summed E-state index contributed by atoms with van der Waals surface area (Å²) in [7, 11) is 2.17. The van der Waals surface area contributed by atoms with Gasteiger partial charge in [-0.25, -0.2) is 4.57 Å². The molecule has 0 bridgehead atoms. The van der Waals surface area contributed by atoms with Crippen LogP contribution in [0.2, 0.25) is 0 Å². The van der Waals surface area contributed by atoms with Crippen LogP contribution in [0.15, 0.2) is 93.2 Å². The molecular weight excluding hydrogens is 446 g/mol. The monoisotopic (exact) mass is 468 g/mol. The van der Waals surface area contributed by atoms with E-state index in [2.05, 4.69) is 98.4 Å². The lowest BCUT2D eigenvalue weighted by molar-refractivity contribution is -0.659. The molecule has 0 N–H and O–H groups in total. The van der Waals surface area contributed by atoms with Gasteiger partial charge in [0.25, 0.3) is 0 Å². The van der Waals surface area contributed by atoms with Crippen molar-refractivity contribution in [3.8, 4) is 11.3 Å².